The second kappa shape index (κ2) is 4.78. The third kappa shape index (κ3) is 2.32. The number of ether oxygens (including phenoxy) is 1. The maximum atomic E-state index is 13.6. The van der Waals surface area contributed by atoms with Gasteiger partial charge in [-0.05, 0) is 19.4 Å². The Hall–Kier alpha value is -1.16. The number of halogens is 1. The average Bonchev–Trinajstić information content (AvgIpc) is 2.32. The largest absolute Gasteiger partial charge is 0.378 e. The molecule has 0 aromatic carbocycles. The van der Waals surface area contributed by atoms with Gasteiger partial charge in [0.1, 0.15) is 5.83 Å². The average molecular weight is 225 g/mol. The zero-order valence-corrected chi connectivity index (χ0v) is 9.46. The molecular formula is C12H16FNO2. The van der Waals surface area contributed by atoms with E-state index in [0.717, 1.165) is 5.57 Å². The number of hydrogen-bond acceptors (Lipinski definition) is 2. The zero-order valence-electron chi connectivity index (χ0n) is 9.46. The van der Waals surface area contributed by atoms with E-state index in [9.17, 15) is 9.18 Å². The van der Waals surface area contributed by atoms with E-state index in [1.54, 1.807) is 11.0 Å². The summed E-state index contributed by atoms with van der Waals surface area (Å²) in [6.07, 6.45) is 2.75. The molecule has 3 nitrogen and oxygen atoms in total. The lowest BCUT2D eigenvalue weighted by atomic mass is 9.98. The minimum Gasteiger partial charge on any atom is -0.378 e. The molecule has 0 saturated carbocycles. The first-order chi connectivity index (χ1) is 7.68. The predicted octanol–water partition coefficient (Wildman–Crippen LogP) is 1.81. The third-order valence-electron chi connectivity index (χ3n) is 2.95. The van der Waals surface area contributed by atoms with Gasteiger partial charge in [-0.2, -0.15) is 0 Å². The van der Waals surface area contributed by atoms with Gasteiger partial charge in [0, 0.05) is 19.5 Å². The van der Waals surface area contributed by atoms with Crippen molar-refractivity contribution in [3.8, 4) is 0 Å². The lowest BCUT2D eigenvalue weighted by Gasteiger charge is -2.28. The maximum absolute atomic E-state index is 13.6. The highest BCUT2D eigenvalue weighted by Crippen LogP contribution is 2.26. The Morgan fingerprint density at radius 2 is 2.06 bits per heavy atom. The summed E-state index contributed by atoms with van der Waals surface area (Å²) in [6.45, 7) is 4.14. The van der Waals surface area contributed by atoms with E-state index < -0.39 is 0 Å². The summed E-state index contributed by atoms with van der Waals surface area (Å²) in [5, 5.41) is 0. The summed E-state index contributed by atoms with van der Waals surface area (Å²) in [7, 11) is 0. The number of carbonyl (C=O) groups is 1. The second-order valence-corrected chi connectivity index (χ2v) is 4.21. The molecule has 0 radical (unpaired) electrons. The lowest BCUT2D eigenvalue weighted by Crippen LogP contribution is -2.41. The SMILES string of the molecule is CC1=CC(C(=O)N2CCOCC2)=C(F)CC1. The molecule has 1 amide bonds. The van der Waals surface area contributed by atoms with E-state index in [4.69, 9.17) is 4.74 Å². The topological polar surface area (TPSA) is 29.5 Å². The van der Waals surface area contributed by atoms with Crippen molar-refractivity contribution in [2.75, 3.05) is 26.3 Å². The van der Waals surface area contributed by atoms with Crippen LogP contribution in [0, 0.1) is 0 Å². The molecule has 0 aromatic rings. The molecule has 1 aliphatic heterocycles. The molecule has 2 aliphatic rings. The maximum Gasteiger partial charge on any atom is 0.256 e. The molecule has 2 rings (SSSR count). The van der Waals surface area contributed by atoms with Crippen molar-refractivity contribution in [1.29, 1.82) is 0 Å². The Morgan fingerprint density at radius 3 is 2.75 bits per heavy atom. The fourth-order valence-corrected chi connectivity index (χ4v) is 1.95. The van der Waals surface area contributed by atoms with Gasteiger partial charge in [-0.1, -0.05) is 5.57 Å². The first-order valence-electron chi connectivity index (χ1n) is 5.61. The molecule has 0 bridgehead atoms. The quantitative estimate of drug-likeness (QED) is 0.681. The van der Waals surface area contributed by atoms with Crippen LogP contribution in [-0.4, -0.2) is 37.1 Å². The number of morpholine rings is 1. The first-order valence-corrected chi connectivity index (χ1v) is 5.61. The van der Waals surface area contributed by atoms with Gasteiger partial charge in [0.15, 0.2) is 0 Å². The van der Waals surface area contributed by atoms with Gasteiger partial charge < -0.3 is 9.64 Å². The molecule has 0 atom stereocenters. The minimum atomic E-state index is -0.276. The Kier molecular flexibility index (Phi) is 3.39. The lowest BCUT2D eigenvalue weighted by molar-refractivity contribution is -0.130. The molecule has 0 aromatic heterocycles. The summed E-state index contributed by atoms with van der Waals surface area (Å²) in [6, 6.07) is 0. The highest BCUT2D eigenvalue weighted by molar-refractivity contribution is 5.97. The molecule has 16 heavy (non-hydrogen) atoms. The minimum absolute atomic E-state index is 0.195. The zero-order chi connectivity index (χ0) is 11.5. The van der Waals surface area contributed by atoms with E-state index in [0.29, 0.717) is 39.1 Å². The van der Waals surface area contributed by atoms with Crippen LogP contribution in [0.2, 0.25) is 0 Å². The number of amides is 1. The van der Waals surface area contributed by atoms with Crippen LogP contribution in [0.4, 0.5) is 4.39 Å². The molecule has 4 heteroatoms. The van der Waals surface area contributed by atoms with Crippen molar-refractivity contribution >= 4 is 5.91 Å². The van der Waals surface area contributed by atoms with Crippen molar-refractivity contribution in [2.24, 2.45) is 0 Å². The number of rotatable bonds is 1. The van der Waals surface area contributed by atoms with Gasteiger partial charge in [-0.25, -0.2) is 4.39 Å². The highest BCUT2D eigenvalue weighted by Gasteiger charge is 2.24. The smallest absolute Gasteiger partial charge is 0.256 e. The molecule has 1 fully saturated rings. The molecule has 1 aliphatic carbocycles. The second-order valence-electron chi connectivity index (χ2n) is 4.21. The van der Waals surface area contributed by atoms with E-state index in [1.165, 1.54) is 0 Å². The van der Waals surface area contributed by atoms with Crippen molar-refractivity contribution in [1.82, 2.24) is 4.90 Å². The normalized spacial score (nSPS) is 22.1. The van der Waals surface area contributed by atoms with Gasteiger partial charge in [0.05, 0.1) is 18.8 Å². The number of carbonyl (C=O) groups excluding carboxylic acids is 1. The highest BCUT2D eigenvalue weighted by atomic mass is 19.1. The summed E-state index contributed by atoms with van der Waals surface area (Å²) in [4.78, 5) is 13.7. The first kappa shape index (κ1) is 11.3. The Balaban J connectivity index is 2.14. The Labute approximate surface area is 94.6 Å². The monoisotopic (exact) mass is 225 g/mol. The van der Waals surface area contributed by atoms with Crippen molar-refractivity contribution in [3.63, 3.8) is 0 Å². The Morgan fingerprint density at radius 1 is 1.38 bits per heavy atom. The van der Waals surface area contributed by atoms with Crippen LogP contribution >= 0.6 is 0 Å². The van der Waals surface area contributed by atoms with Crippen LogP contribution in [-0.2, 0) is 9.53 Å². The van der Waals surface area contributed by atoms with Crippen molar-refractivity contribution in [3.05, 3.63) is 23.0 Å². The van der Waals surface area contributed by atoms with E-state index in [2.05, 4.69) is 0 Å². The van der Waals surface area contributed by atoms with Crippen molar-refractivity contribution in [2.45, 2.75) is 19.8 Å². The Bertz CT molecular complexity index is 354. The van der Waals surface area contributed by atoms with Crippen LogP contribution in [0.15, 0.2) is 23.0 Å². The number of allylic oxidation sites excluding steroid dienone is 2. The number of hydrogen-bond donors (Lipinski definition) is 0. The fourth-order valence-electron chi connectivity index (χ4n) is 1.95. The van der Waals surface area contributed by atoms with Gasteiger partial charge in [0.2, 0.25) is 0 Å². The molecule has 88 valence electrons. The summed E-state index contributed by atoms with van der Waals surface area (Å²) in [5.74, 6) is -0.470. The molecule has 0 spiro atoms. The van der Waals surface area contributed by atoms with E-state index >= 15 is 0 Å². The van der Waals surface area contributed by atoms with E-state index in [-0.39, 0.29) is 17.3 Å². The van der Waals surface area contributed by atoms with Crippen LogP contribution in [0.1, 0.15) is 19.8 Å². The summed E-state index contributed by atoms with van der Waals surface area (Å²) >= 11 is 0. The number of nitrogens with zero attached hydrogens (tertiary/aromatic N) is 1. The van der Waals surface area contributed by atoms with Crippen molar-refractivity contribution < 1.29 is 13.9 Å². The molecule has 0 unspecified atom stereocenters. The van der Waals surface area contributed by atoms with Gasteiger partial charge in [-0.3, -0.25) is 4.79 Å². The molecule has 0 N–H and O–H groups in total. The standard InChI is InChI=1S/C12H16FNO2/c1-9-2-3-11(13)10(8-9)12(15)14-4-6-16-7-5-14/h8H,2-7H2,1H3. The van der Waals surface area contributed by atoms with Crippen LogP contribution in [0.3, 0.4) is 0 Å². The molecular weight excluding hydrogens is 209 g/mol. The van der Waals surface area contributed by atoms with Gasteiger partial charge >= 0.3 is 0 Å². The van der Waals surface area contributed by atoms with Crippen LogP contribution in [0.25, 0.3) is 0 Å². The predicted molar refractivity (Wildman–Crippen MR) is 58.5 cm³/mol. The van der Waals surface area contributed by atoms with E-state index in [1.807, 2.05) is 6.92 Å². The summed E-state index contributed by atoms with van der Waals surface area (Å²) in [5.41, 5.74) is 1.31. The van der Waals surface area contributed by atoms with Crippen LogP contribution in [0.5, 0.6) is 0 Å². The van der Waals surface area contributed by atoms with Gasteiger partial charge in [0.25, 0.3) is 5.91 Å². The fraction of sp³-hybridized carbons (Fsp3) is 0.583. The summed E-state index contributed by atoms with van der Waals surface area (Å²) < 4.78 is 18.7. The molecule has 1 saturated heterocycles. The van der Waals surface area contributed by atoms with Crippen LogP contribution < -0.4 is 0 Å². The molecule has 1 heterocycles. The van der Waals surface area contributed by atoms with Gasteiger partial charge in [-0.15, -0.1) is 0 Å². The third-order valence-corrected chi connectivity index (χ3v) is 2.95.